The molecule has 0 spiro atoms. The van der Waals surface area contributed by atoms with Gasteiger partial charge in [0, 0.05) is 49.8 Å². The third-order valence-electron chi connectivity index (χ3n) is 5.54. The third kappa shape index (κ3) is 7.43. The molecule has 9 nitrogen and oxygen atoms in total. The quantitative estimate of drug-likeness (QED) is 0.123. The minimum Gasteiger partial charge on any atom is -0.384 e. The molecule has 9 heteroatoms. The van der Waals surface area contributed by atoms with Crippen molar-refractivity contribution in [1.82, 2.24) is 14.5 Å². The number of nitrogen functional groups attached to an aromatic ring is 2. The van der Waals surface area contributed by atoms with Gasteiger partial charge in [-0.05, 0) is 30.5 Å². The molecule has 3 aromatic rings. The fourth-order valence-electron chi connectivity index (χ4n) is 3.54. The number of benzene rings is 2. The zero-order valence-electron chi connectivity index (χ0n) is 19.4. The maximum atomic E-state index is 8.38. The Morgan fingerprint density at radius 3 is 1.88 bits per heavy atom. The molecule has 0 unspecified atom stereocenters. The molecule has 1 aromatic heterocycles. The summed E-state index contributed by atoms with van der Waals surface area (Å²) >= 11 is 0. The Balaban J connectivity index is 1.30. The lowest BCUT2D eigenvalue weighted by Gasteiger charge is -2.08. The second-order valence-corrected chi connectivity index (χ2v) is 8.17. The number of aryl methyl sites for hydroxylation is 2. The van der Waals surface area contributed by atoms with Crippen molar-refractivity contribution in [2.45, 2.75) is 39.1 Å². The van der Waals surface area contributed by atoms with E-state index in [1.165, 1.54) is 0 Å². The number of nitrogens with one attached hydrogen (secondary N) is 4. The number of hydrogen-bond acceptors (Lipinski definition) is 5. The number of amidine groups is 2. The molecular formula is C25H34N8O. The second kappa shape index (κ2) is 12.5. The maximum absolute atomic E-state index is 8.38. The van der Waals surface area contributed by atoms with Crippen molar-refractivity contribution in [1.29, 1.82) is 16.2 Å². The molecule has 180 valence electrons. The van der Waals surface area contributed by atoms with Crippen molar-refractivity contribution >= 4 is 11.7 Å². The van der Waals surface area contributed by atoms with Crippen LogP contribution >= 0.6 is 0 Å². The lowest BCUT2D eigenvalue weighted by atomic mass is 10.1. The minimum atomic E-state index is 0.0659. The van der Waals surface area contributed by atoms with Gasteiger partial charge in [0.25, 0.3) is 0 Å². The van der Waals surface area contributed by atoms with E-state index in [0.29, 0.717) is 24.4 Å². The topological polar surface area (TPSA) is 155 Å². The van der Waals surface area contributed by atoms with Crippen LogP contribution in [0.2, 0.25) is 0 Å². The average molecular weight is 463 g/mol. The van der Waals surface area contributed by atoms with E-state index >= 15 is 0 Å². The zero-order valence-corrected chi connectivity index (χ0v) is 19.4. The van der Waals surface area contributed by atoms with Crippen LogP contribution in [0.1, 0.15) is 35.1 Å². The summed E-state index contributed by atoms with van der Waals surface area (Å²) in [5.41, 5.74) is 15.1. The van der Waals surface area contributed by atoms with E-state index in [2.05, 4.69) is 5.32 Å². The van der Waals surface area contributed by atoms with Crippen LogP contribution in [0.3, 0.4) is 0 Å². The van der Waals surface area contributed by atoms with Crippen molar-refractivity contribution in [3.8, 4) is 0 Å². The van der Waals surface area contributed by atoms with Gasteiger partial charge < -0.3 is 30.7 Å². The van der Waals surface area contributed by atoms with Gasteiger partial charge in [-0.15, -0.1) is 0 Å². The van der Waals surface area contributed by atoms with E-state index in [0.717, 1.165) is 55.7 Å². The number of imidazole rings is 1. The number of rotatable bonds is 14. The highest BCUT2D eigenvalue weighted by molar-refractivity contribution is 5.95. The molecule has 2 aromatic carbocycles. The SMILES string of the molecule is N=C(N)c1ccc(CNCCCn2ccn(CCCOCc3ccc(C(=N)N)cc3)c2=N)cc1. The van der Waals surface area contributed by atoms with Crippen molar-refractivity contribution in [3.63, 3.8) is 0 Å². The van der Waals surface area contributed by atoms with Crippen molar-refractivity contribution in [3.05, 3.63) is 88.8 Å². The molecule has 0 radical (unpaired) electrons. The normalized spacial score (nSPS) is 10.9. The Hall–Kier alpha value is -3.69. The van der Waals surface area contributed by atoms with Crippen LogP contribution < -0.4 is 22.4 Å². The summed E-state index contributed by atoms with van der Waals surface area (Å²) < 4.78 is 9.64. The predicted octanol–water partition coefficient (Wildman–Crippen LogP) is 2.12. The minimum absolute atomic E-state index is 0.0659. The van der Waals surface area contributed by atoms with Gasteiger partial charge in [-0.2, -0.15) is 0 Å². The van der Waals surface area contributed by atoms with Crippen molar-refractivity contribution in [2.24, 2.45) is 11.5 Å². The first-order valence-electron chi connectivity index (χ1n) is 11.4. The number of aromatic nitrogens is 2. The first-order chi connectivity index (χ1) is 16.4. The van der Waals surface area contributed by atoms with E-state index in [4.69, 9.17) is 32.4 Å². The summed E-state index contributed by atoms with van der Waals surface area (Å²) in [7, 11) is 0. The van der Waals surface area contributed by atoms with Gasteiger partial charge in [-0.25, -0.2) is 0 Å². The van der Waals surface area contributed by atoms with Gasteiger partial charge in [0.15, 0.2) is 0 Å². The highest BCUT2D eigenvalue weighted by Gasteiger charge is 2.02. The molecule has 1 heterocycles. The summed E-state index contributed by atoms with van der Waals surface area (Å²) in [5, 5.41) is 26.6. The van der Waals surface area contributed by atoms with E-state index in [1.807, 2.05) is 70.1 Å². The summed E-state index contributed by atoms with van der Waals surface area (Å²) in [6, 6.07) is 15.2. The first-order valence-corrected chi connectivity index (χ1v) is 11.4. The summed E-state index contributed by atoms with van der Waals surface area (Å²) in [6.07, 6.45) is 5.67. The van der Waals surface area contributed by atoms with Gasteiger partial charge in [0.2, 0.25) is 5.62 Å². The molecule has 0 amide bonds. The Bertz CT molecular complexity index is 1040. The Kier molecular flexibility index (Phi) is 9.19. The van der Waals surface area contributed by atoms with Gasteiger partial charge >= 0.3 is 0 Å². The fraction of sp³-hybridized carbons (Fsp3) is 0.320. The van der Waals surface area contributed by atoms with Crippen LogP contribution in [0.15, 0.2) is 60.9 Å². The molecule has 0 fully saturated rings. The van der Waals surface area contributed by atoms with Gasteiger partial charge in [0.05, 0.1) is 6.61 Å². The molecule has 0 saturated heterocycles. The molecule has 0 aliphatic carbocycles. The van der Waals surface area contributed by atoms with E-state index in [9.17, 15) is 0 Å². The van der Waals surface area contributed by atoms with Gasteiger partial charge in [-0.3, -0.25) is 16.2 Å². The van der Waals surface area contributed by atoms with Gasteiger partial charge in [0.1, 0.15) is 11.7 Å². The standard InChI is InChI=1S/C25H34N8O/c26-23(27)21-7-3-19(4-8-21)17-31-11-1-12-32-14-15-33(25(32)30)13-2-16-34-18-20-5-9-22(10-6-20)24(28)29/h3-10,14-15,30-31H,1-2,11-13,16-18H2,(H3,26,27)(H3,28,29). The summed E-state index contributed by atoms with van der Waals surface area (Å²) in [5.74, 6) is 0.149. The molecule has 8 N–H and O–H groups in total. The lowest BCUT2D eigenvalue weighted by molar-refractivity contribution is 0.115. The van der Waals surface area contributed by atoms with Crippen LogP contribution in [-0.4, -0.2) is 34.0 Å². The number of nitrogens with zero attached hydrogens (tertiary/aromatic N) is 2. The average Bonchev–Trinajstić information content (AvgIpc) is 3.18. The van der Waals surface area contributed by atoms with E-state index < -0.39 is 0 Å². The third-order valence-corrected chi connectivity index (χ3v) is 5.54. The molecule has 0 atom stereocenters. The van der Waals surface area contributed by atoms with Crippen LogP contribution in [0.25, 0.3) is 0 Å². The monoisotopic (exact) mass is 462 g/mol. The molecule has 0 aliphatic rings. The molecule has 34 heavy (non-hydrogen) atoms. The number of nitrogens with two attached hydrogens (primary N) is 2. The largest absolute Gasteiger partial charge is 0.384 e. The number of ether oxygens (including phenoxy) is 1. The Labute approximate surface area is 199 Å². The van der Waals surface area contributed by atoms with Crippen molar-refractivity contribution < 1.29 is 4.74 Å². The van der Waals surface area contributed by atoms with Crippen molar-refractivity contribution in [2.75, 3.05) is 13.2 Å². The smallest absolute Gasteiger partial charge is 0.202 e. The van der Waals surface area contributed by atoms with Crippen LogP contribution in [0, 0.1) is 16.2 Å². The fourth-order valence-corrected chi connectivity index (χ4v) is 3.54. The maximum Gasteiger partial charge on any atom is 0.202 e. The highest BCUT2D eigenvalue weighted by atomic mass is 16.5. The van der Waals surface area contributed by atoms with Crippen LogP contribution in [0.5, 0.6) is 0 Å². The summed E-state index contributed by atoms with van der Waals surface area (Å²) in [4.78, 5) is 0. The van der Waals surface area contributed by atoms with Crippen LogP contribution in [0.4, 0.5) is 0 Å². The highest BCUT2D eigenvalue weighted by Crippen LogP contribution is 2.06. The Morgan fingerprint density at radius 2 is 1.32 bits per heavy atom. The molecular weight excluding hydrogens is 428 g/mol. The zero-order chi connectivity index (χ0) is 24.3. The van der Waals surface area contributed by atoms with E-state index in [-0.39, 0.29) is 11.7 Å². The predicted molar refractivity (Wildman–Crippen MR) is 134 cm³/mol. The lowest BCUT2D eigenvalue weighted by Crippen LogP contribution is -2.26. The molecule has 0 bridgehead atoms. The van der Waals surface area contributed by atoms with Crippen LogP contribution in [-0.2, 0) is 31.0 Å². The van der Waals surface area contributed by atoms with Gasteiger partial charge in [-0.1, -0.05) is 48.5 Å². The van der Waals surface area contributed by atoms with E-state index in [1.54, 1.807) is 0 Å². The molecule has 3 rings (SSSR count). The Morgan fingerprint density at radius 1 is 0.794 bits per heavy atom. The summed E-state index contributed by atoms with van der Waals surface area (Å²) in [6.45, 7) is 4.28. The first kappa shape index (κ1) is 24.9. The molecule has 0 saturated carbocycles. The second-order valence-electron chi connectivity index (χ2n) is 8.17. The molecule has 0 aliphatic heterocycles. The number of hydrogen-bond donors (Lipinski definition) is 6.